The first-order valence-corrected chi connectivity index (χ1v) is 11.1. The first kappa shape index (κ1) is 25.7. The molecule has 0 radical (unpaired) electrons. The molecule has 0 amide bonds. The van der Waals surface area contributed by atoms with Crippen molar-refractivity contribution in [1.29, 1.82) is 0 Å². The summed E-state index contributed by atoms with van der Waals surface area (Å²) in [7, 11) is 0. The van der Waals surface area contributed by atoms with E-state index < -0.39 is 17.7 Å². The van der Waals surface area contributed by atoms with E-state index in [0.29, 0.717) is 16.3 Å². The molecule has 0 aliphatic carbocycles. The Morgan fingerprint density at radius 3 is 2.31 bits per heavy atom. The van der Waals surface area contributed by atoms with E-state index >= 15 is 0 Å². The summed E-state index contributed by atoms with van der Waals surface area (Å²) < 4.78 is 39.1. The number of nitrogens with zero attached hydrogens (tertiary/aromatic N) is 1. The van der Waals surface area contributed by atoms with Crippen molar-refractivity contribution in [3.05, 3.63) is 59.3 Å². The summed E-state index contributed by atoms with van der Waals surface area (Å²) >= 11 is 2.91. The average Bonchev–Trinajstić information content (AvgIpc) is 3.07. The molecule has 0 unspecified atom stereocenters. The Labute approximate surface area is 192 Å². The fraction of sp³-hybridized carbons (Fsp3) is 0.273. The Bertz CT molecular complexity index is 1050. The van der Waals surface area contributed by atoms with Gasteiger partial charge in [-0.05, 0) is 56.7 Å². The van der Waals surface area contributed by atoms with E-state index in [1.165, 1.54) is 42.2 Å². The van der Waals surface area contributed by atoms with Crippen LogP contribution in [0.4, 0.5) is 13.2 Å². The number of thiazole rings is 1. The van der Waals surface area contributed by atoms with Gasteiger partial charge in [0.05, 0.1) is 15.5 Å². The van der Waals surface area contributed by atoms with Crippen LogP contribution in [0.15, 0.2) is 51.6 Å². The number of carbonyl (C=O) groups excluding carboxylic acids is 1. The third-order valence-electron chi connectivity index (χ3n) is 3.82. The molecule has 172 valence electrons. The summed E-state index contributed by atoms with van der Waals surface area (Å²) in [5.41, 5.74) is 1.55. The number of hydrogen-bond acceptors (Lipinski definition) is 7. The molecule has 1 N–H and O–H groups in total. The molecule has 0 fully saturated rings. The predicted octanol–water partition coefficient (Wildman–Crippen LogP) is 6.45. The van der Waals surface area contributed by atoms with E-state index in [1.807, 2.05) is 26.0 Å². The Morgan fingerprint density at radius 2 is 1.78 bits per heavy atom. The van der Waals surface area contributed by atoms with Gasteiger partial charge in [-0.2, -0.15) is 13.2 Å². The molecule has 3 rings (SSSR count). The van der Waals surface area contributed by atoms with Gasteiger partial charge in [-0.3, -0.25) is 9.78 Å². The highest BCUT2D eigenvalue weighted by molar-refractivity contribution is 8.01. The van der Waals surface area contributed by atoms with Gasteiger partial charge in [-0.1, -0.05) is 23.9 Å². The molecule has 0 aliphatic rings. The van der Waals surface area contributed by atoms with Gasteiger partial charge >= 0.3 is 12.1 Å². The van der Waals surface area contributed by atoms with Crippen LogP contribution in [0.5, 0.6) is 5.75 Å². The number of hydrogen-bond donors (Lipinski definition) is 1. The number of alkyl halides is 3. The van der Waals surface area contributed by atoms with Crippen molar-refractivity contribution in [2.24, 2.45) is 0 Å². The maximum absolute atomic E-state index is 12.7. The molecule has 0 aliphatic heterocycles. The Hall–Kier alpha value is -2.56. The molecule has 10 heteroatoms. The summed E-state index contributed by atoms with van der Waals surface area (Å²) in [5.74, 6) is -0.102. The van der Waals surface area contributed by atoms with Crippen LogP contribution in [0, 0.1) is 13.8 Å². The quantitative estimate of drug-likeness (QED) is 0.331. The fourth-order valence-electron chi connectivity index (χ4n) is 2.39. The van der Waals surface area contributed by atoms with Gasteiger partial charge in [0.2, 0.25) is 0 Å². The molecule has 0 saturated carbocycles. The number of aromatic nitrogens is 1. The number of carbonyl (C=O) groups is 1. The van der Waals surface area contributed by atoms with E-state index in [0.717, 1.165) is 32.5 Å². The van der Waals surface area contributed by atoms with Gasteiger partial charge in [0.25, 0.3) is 0 Å². The van der Waals surface area contributed by atoms with Gasteiger partial charge < -0.3 is 5.11 Å². The van der Waals surface area contributed by atoms with Gasteiger partial charge in [-0.25, -0.2) is 9.78 Å². The average molecular weight is 486 g/mol. The van der Waals surface area contributed by atoms with Gasteiger partial charge in [-0.15, -0.1) is 11.3 Å². The normalized spacial score (nSPS) is 10.9. The second kappa shape index (κ2) is 11.3. The molecular weight excluding hydrogens is 463 g/mol. The number of aryl methyl sites for hydroxylation is 2. The monoisotopic (exact) mass is 485 g/mol. The number of benzene rings is 2. The fourth-order valence-corrected chi connectivity index (χ4v) is 4.67. The minimum atomic E-state index is -4.36. The van der Waals surface area contributed by atoms with E-state index in [1.54, 1.807) is 13.0 Å². The molecule has 1 aromatic heterocycles. The van der Waals surface area contributed by atoms with Crippen LogP contribution in [-0.4, -0.2) is 22.7 Å². The number of halogens is 3. The van der Waals surface area contributed by atoms with E-state index in [4.69, 9.17) is 9.99 Å². The molecule has 0 atom stereocenters. The maximum atomic E-state index is 12.7. The first-order chi connectivity index (χ1) is 15.0. The van der Waals surface area contributed by atoms with Crippen LogP contribution in [0.3, 0.4) is 0 Å². The van der Waals surface area contributed by atoms with Crippen molar-refractivity contribution in [2.75, 3.05) is 6.61 Å². The SMILES string of the molecule is CC(=O)OOc1ccc(Sc2sc(-c3ccc(C(F)(F)F)cc3)nc2C)cc1C.CCO. The lowest BCUT2D eigenvalue weighted by atomic mass is 10.1. The van der Waals surface area contributed by atoms with Crippen molar-refractivity contribution >= 4 is 29.1 Å². The minimum absolute atomic E-state index is 0.250. The zero-order chi connectivity index (χ0) is 23.9. The van der Waals surface area contributed by atoms with Crippen molar-refractivity contribution < 1.29 is 32.8 Å². The lowest BCUT2D eigenvalue weighted by Crippen LogP contribution is -2.03. The molecular formula is C22H22F3NO4S2. The largest absolute Gasteiger partial charge is 0.416 e. The van der Waals surface area contributed by atoms with Crippen LogP contribution in [0.2, 0.25) is 0 Å². The van der Waals surface area contributed by atoms with E-state index in [9.17, 15) is 18.0 Å². The van der Waals surface area contributed by atoms with Gasteiger partial charge in [0, 0.05) is 24.0 Å². The van der Waals surface area contributed by atoms with Crippen molar-refractivity contribution in [3.8, 4) is 16.3 Å². The lowest BCUT2D eigenvalue weighted by molar-refractivity contribution is -0.211. The second-order valence-electron chi connectivity index (χ2n) is 6.47. The van der Waals surface area contributed by atoms with E-state index in [2.05, 4.69) is 9.87 Å². The third kappa shape index (κ3) is 7.25. The molecule has 0 bridgehead atoms. The summed E-state index contributed by atoms with van der Waals surface area (Å²) in [5, 5.41) is 8.23. The zero-order valence-corrected chi connectivity index (χ0v) is 19.5. The summed E-state index contributed by atoms with van der Waals surface area (Å²) in [6, 6.07) is 10.4. The second-order valence-corrected chi connectivity index (χ2v) is 8.81. The van der Waals surface area contributed by atoms with Crippen LogP contribution in [-0.2, 0) is 15.9 Å². The smallest absolute Gasteiger partial charge is 0.397 e. The first-order valence-electron chi connectivity index (χ1n) is 9.44. The molecule has 2 aromatic carbocycles. The van der Waals surface area contributed by atoms with Crippen LogP contribution in [0.25, 0.3) is 10.6 Å². The van der Waals surface area contributed by atoms with Crippen LogP contribution < -0.4 is 4.89 Å². The minimum Gasteiger partial charge on any atom is -0.397 e. The highest BCUT2D eigenvalue weighted by Crippen LogP contribution is 2.40. The maximum Gasteiger partial charge on any atom is 0.416 e. The molecule has 5 nitrogen and oxygen atoms in total. The Balaban J connectivity index is 0.00000114. The van der Waals surface area contributed by atoms with Crippen molar-refractivity contribution in [2.45, 2.75) is 43.0 Å². The summed E-state index contributed by atoms with van der Waals surface area (Å²) in [6.45, 7) is 6.87. The highest BCUT2D eigenvalue weighted by Gasteiger charge is 2.30. The predicted molar refractivity (Wildman–Crippen MR) is 118 cm³/mol. The number of aliphatic hydroxyl groups is 1. The molecule has 0 spiro atoms. The standard InChI is InChI=1S/C20H16F3NO3S2.C2H6O/c1-11-10-16(8-9-17(11)27-26-13(3)25)28-19-12(2)24-18(29-19)14-4-6-15(7-5-14)20(21,22)23;1-2-3/h4-10H,1-3H3;3H,2H2,1H3. The molecule has 1 heterocycles. The molecule has 32 heavy (non-hydrogen) atoms. The molecule has 0 saturated heterocycles. The Kier molecular flexibility index (Phi) is 9.11. The highest BCUT2D eigenvalue weighted by atomic mass is 32.2. The zero-order valence-electron chi connectivity index (χ0n) is 17.8. The number of aliphatic hydroxyl groups excluding tert-OH is 1. The Morgan fingerprint density at radius 1 is 1.16 bits per heavy atom. The summed E-state index contributed by atoms with van der Waals surface area (Å²) in [4.78, 5) is 25.8. The van der Waals surface area contributed by atoms with Crippen LogP contribution in [0.1, 0.15) is 30.7 Å². The van der Waals surface area contributed by atoms with E-state index in [-0.39, 0.29) is 6.61 Å². The third-order valence-corrected chi connectivity index (χ3v) is 6.29. The van der Waals surface area contributed by atoms with Gasteiger partial charge in [0.1, 0.15) is 5.01 Å². The number of rotatable bonds is 5. The summed E-state index contributed by atoms with van der Waals surface area (Å²) in [6.07, 6.45) is -4.36. The van der Waals surface area contributed by atoms with Crippen molar-refractivity contribution in [1.82, 2.24) is 4.98 Å². The molecule has 3 aromatic rings. The lowest BCUT2D eigenvalue weighted by Gasteiger charge is -2.07. The van der Waals surface area contributed by atoms with Crippen LogP contribution >= 0.6 is 23.1 Å². The topological polar surface area (TPSA) is 68.7 Å². The van der Waals surface area contributed by atoms with Crippen molar-refractivity contribution in [3.63, 3.8) is 0 Å². The van der Waals surface area contributed by atoms with Gasteiger partial charge in [0.15, 0.2) is 5.75 Å².